The summed E-state index contributed by atoms with van der Waals surface area (Å²) >= 11 is 0. The fourth-order valence-electron chi connectivity index (χ4n) is 4.79. The van der Waals surface area contributed by atoms with Crippen molar-refractivity contribution >= 4 is 33.4 Å². The van der Waals surface area contributed by atoms with Crippen molar-refractivity contribution < 1.29 is 9.18 Å². The van der Waals surface area contributed by atoms with Gasteiger partial charge in [-0.3, -0.25) is 19.9 Å². The summed E-state index contributed by atoms with van der Waals surface area (Å²) < 4.78 is 13.5. The third-order valence-corrected chi connectivity index (χ3v) is 6.57. The Labute approximate surface area is 224 Å². The Morgan fingerprint density at radius 3 is 2.41 bits per heavy atom. The molecular weight excluding hydrogens is 491 g/mol. The van der Waals surface area contributed by atoms with Gasteiger partial charge in [-0.1, -0.05) is 39.0 Å². The van der Waals surface area contributed by atoms with Crippen LogP contribution in [0.2, 0.25) is 0 Å². The Kier molecular flexibility index (Phi) is 5.95. The van der Waals surface area contributed by atoms with Crippen molar-refractivity contribution in [2.24, 2.45) is 5.41 Å². The molecule has 8 heteroatoms. The summed E-state index contributed by atoms with van der Waals surface area (Å²) in [6.45, 7) is 6.10. The van der Waals surface area contributed by atoms with Crippen molar-refractivity contribution in [3.05, 3.63) is 85.2 Å². The molecule has 0 atom stereocenters. The molecule has 194 valence electrons. The summed E-state index contributed by atoms with van der Waals surface area (Å²) in [4.78, 5) is 24.6. The van der Waals surface area contributed by atoms with Crippen molar-refractivity contribution in [3.8, 4) is 33.6 Å². The van der Waals surface area contributed by atoms with Gasteiger partial charge >= 0.3 is 0 Å². The van der Waals surface area contributed by atoms with Crippen LogP contribution in [0.25, 0.3) is 55.4 Å². The van der Waals surface area contributed by atoms with Crippen molar-refractivity contribution in [2.45, 2.75) is 27.2 Å². The minimum atomic E-state index is -0.277. The third kappa shape index (κ3) is 5.01. The number of nitrogens with zero attached hydrogens (tertiary/aromatic N) is 3. The van der Waals surface area contributed by atoms with Gasteiger partial charge in [-0.25, -0.2) is 4.39 Å². The van der Waals surface area contributed by atoms with Crippen LogP contribution < -0.4 is 5.32 Å². The molecule has 1 amide bonds. The second-order valence-corrected chi connectivity index (χ2v) is 10.9. The minimum Gasteiger partial charge on any atom is -0.352 e. The lowest BCUT2D eigenvalue weighted by atomic mass is 9.92. The van der Waals surface area contributed by atoms with Gasteiger partial charge in [0.15, 0.2) is 0 Å². The Hall–Kier alpha value is -4.85. The summed E-state index contributed by atoms with van der Waals surface area (Å²) in [5.74, 6) is -0.317. The quantitative estimate of drug-likeness (QED) is 0.222. The van der Waals surface area contributed by atoms with E-state index in [0.717, 1.165) is 55.4 Å². The molecule has 3 N–H and O–H groups in total. The monoisotopic (exact) mass is 518 g/mol. The molecule has 0 bridgehead atoms. The van der Waals surface area contributed by atoms with Crippen LogP contribution in [0, 0.1) is 11.2 Å². The minimum absolute atomic E-state index is 0.0395. The van der Waals surface area contributed by atoms with E-state index >= 15 is 0 Å². The predicted molar refractivity (Wildman–Crippen MR) is 153 cm³/mol. The molecule has 4 heterocycles. The van der Waals surface area contributed by atoms with Crippen LogP contribution in [-0.4, -0.2) is 31.1 Å². The van der Waals surface area contributed by atoms with Crippen LogP contribution in [0.1, 0.15) is 27.2 Å². The average Bonchev–Trinajstić information content (AvgIpc) is 3.52. The lowest BCUT2D eigenvalue weighted by Gasteiger charge is -2.17. The van der Waals surface area contributed by atoms with Gasteiger partial charge in [0, 0.05) is 40.7 Å². The number of H-pyrrole nitrogens is 2. The molecule has 0 fully saturated rings. The zero-order chi connectivity index (χ0) is 27.1. The highest BCUT2D eigenvalue weighted by Crippen LogP contribution is 2.35. The zero-order valence-corrected chi connectivity index (χ0v) is 21.8. The lowest BCUT2D eigenvalue weighted by Crippen LogP contribution is -2.19. The molecule has 7 nitrogen and oxygen atoms in total. The van der Waals surface area contributed by atoms with Gasteiger partial charge in [-0.05, 0) is 52.9 Å². The zero-order valence-electron chi connectivity index (χ0n) is 21.8. The Morgan fingerprint density at radius 1 is 0.846 bits per heavy atom. The van der Waals surface area contributed by atoms with E-state index in [1.54, 1.807) is 36.9 Å². The fraction of sp³-hybridized carbons (Fsp3) is 0.161. The molecule has 0 aliphatic rings. The van der Waals surface area contributed by atoms with E-state index < -0.39 is 0 Å². The Balaban J connectivity index is 1.36. The SMILES string of the molecule is CC(C)(C)CC(=O)Nc1cncc(-c2ccc3[nH]nc(-c4cc5c(-c6ccc(F)cc6)cncc5[nH]4)c3c2)c1. The highest BCUT2D eigenvalue weighted by Gasteiger charge is 2.17. The molecule has 6 aromatic rings. The molecule has 0 aliphatic carbocycles. The first-order chi connectivity index (χ1) is 18.7. The maximum atomic E-state index is 13.5. The van der Waals surface area contributed by atoms with Gasteiger partial charge in [0.25, 0.3) is 0 Å². The van der Waals surface area contributed by atoms with E-state index in [4.69, 9.17) is 0 Å². The Bertz CT molecular complexity index is 1830. The summed E-state index contributed by atoms with van der Waals surface area (Å²) in [5.41, 5.74) is 7.56. The standard InChI is InChI=1S/C31H27FN6O/c1-31(2,3)13-29(39)35-22-10-20(14-33-15-22)19-6-9-26-24(11-19)30(38-37-26)27-12-23-25(16-34-17-28(23)36-27)18-4-7-21(32)8-5-18/h4-12,14-17,36H,13H2,1-3H3,(H,35,39)(H,37,38). The first-order valence-corrected chi connectivity index (χ1v) is 12.7. The van der Waals surface area contributed by atoms with Crippen molar-refractivity contribution in [2.75, 3.05) is 5.32 Å². The van der Waals surface area contributed by atoms with E-state index in [2.05, 4.69) is 36.5 Å². The van der Waals surface area contributed by atoms with Gasteiger partial charge in [0.1, 0.15) is 11.5 Å². The van der Waals surface area contributed by atoms with E-state index in [1.807, 2.05) is 45.0 Å². The largest absolute Gasteiger partial charge is 0.352 e. The van der Waals surface area contributed by atoms with Crippen molar-refractivity contribution in [3.63, 3.8) is 0 Å². The molecule has 0 spiro atoms. The average molecular weight is 519 g/mol. The Morgan fingerprint density at radius 2 is 1.62 bits per heavy atom. The molecule has 39 heavy (non-hydrogen) atoms. The number of anilines is 1. The molecule has 4 aromatic heterocycles. The number of fused-ring (bicyclic) bond motifs is 2. The number of hydrogen-bond donors (Lipinski definition) is 3. The first kappa shape index (κ1) is 24.5. The normalized spacial score (nSPS) is 11.8. The van der Waals surface area contributed by atoms with Gasteiger partial charge in [-0.2, -0.15) is 5.10 Å². The van der Waals surface area contributed by atoms with E-state index in [-0.39, 0.29) is 17.1 Å². The number of aromatic nitrogens is 5. The van der Waals surface area contributed by atoms with Crippen LogP contribution >= 0.6 is 0 Å². The lowest BCUT2D eigenvalue weighted by molar-refractivity contribution is -0.117. The maximum absolute atomic E-state index is 13.5. The maximum Gasteiger partial charge on any atom is 0.224 e. The number of carbonyl (C=O) groups excluding carboxylic acids is 1. The van der Waals surface area contributed by atoms with Crippen LogP contribution in [0.4, 0.5) is 10.1 Å². The van der Waals surface area contributed by atoms with Gasteiger partial charge in [0.2, 0.25) is 5.91 Å². The number of halogens is 1. The summed E-state index contributed by atoms with van der Waals surface area (Å²) in [7, 11) is 0. The highest BCUT2D eigenvalue weighted by molar-refractivity contribution is 6.01. The van der Waals surface area contributed by atoms with Crippen LogP contribution in [0.15, 0.2) is 79.4 Å². The first-order valence-electron chi connectivity index (χ1n) is 12.7. The summed E-state index contributed by atoms with van der Waals surface area (Å²) in [6, 6.07) is 16.4. The van der Waals surface area contributed by atoms with Crippen LogP contribution in [0.5, 0.6) is 0 Å². The van der Waals surface area contributed by atoms with E-state index in [1.165, 1.54) is 12.1 Å². The van der Waals surface area contributed by atoms with Crippen LogP contribution in [-0.2, 0) is 4.79 Å². The number of carbonyl (C=O) groups is 1. The third-order valence-electron chi connectivity index (χ3n) is 6.57. The molecule has 0 aliphatic heterocycles. The second-order valence-electron chi connectivity index (χ2n) is 10.9. The number of hydrogen-bond acceptors (Lipinski definition) is 4. The number of pyridine rings is 2. The number of benzene rings is 2. The van der Waals surface area contributed by atoms with E-state index in [0.29, 0.717) is 12.1 Å². The molecule has 6 rings (SSSR count). The topological polar surface area (TPSA) is 99.3 Å². The summed E-state index contributed by atoms with van der Waals surface area (Å²) in [6.07, 6.45) is 7.42. The van der Waals surface area contributed by atoms with Gasteiger partial charge in [-0.15, -0.1) is 0 Å². The molecule has 0 saturated heterocycles. The molecule has 0 unspecified atom stereocenters. The number of rotatable bonds is 5. The molecule has 2 aromatic carbocycles. The predicted octanol–water partition coefficient (Wildman–Crippen LogP) is 7.35. The van der Waals surface area contributed by atoms with Crippen molar-refractivity contribution in [1.29, 1.82) is 0 Å². The summed E-state index contributed by atoms with van der Waals surface area (Å²) in [5, 5.41) is 12.6. The fourth-order valence-corrected chi connectivity index (χ4v) is 4.79. The van der Waals surface area contributed by atoms with Crippen molar-refractivity contribution in [1.82, 2.24) is 25.1 Å². The smallest absolute Gasteiger partial charge is 0.224 e. The number of aromatic amines is 2. The van der Waals surface area contributed by atoms with Gasteiger partial charge < -0.3 is 10.3 Å². The molecule has 0 saturated carbocycles. The number of amides is 1. The highest BCUT2D eigenvalue weighted by atomic mass is 19.1. The number of nitrogens with one attached hydrogen (secondary N) is 3. The molecule has 0 radical (unpaired) electrons. The van der Waals surface area contributed by atoms with E-state index in [9.17, 15) is 9.18 Å². The second kappa shape index (κ2) is 9.47. The molecular formula is C31H27FN6O. The van der Waals surface area contributed by atoms with Crippen LogP contribution in [0.3, 0.4) is 0 Å². The van der Waals surface area contributed by atoms with Gasteiger partial charge in [0.05, 0.1) is 34.8 Å².